The van der Waals surface area contributed by atoms with Crippen LogP contribution in [0.5, 0.6) is 0 Å². The van der Waals surface area contributed by atoms with Crippen LogP contribution >= 0.6 is 0 Å². The van der Waals surface area contributed by atoms with Gasteiger partial charge in [-0.25, -0.2) is 4.79 Å². The average Bonchev–Trinajstić information content (AvgIpc) is 2.54. The Labute approximate surface area is 126 Å². The molecule has 3 rings (SSSR count). The molecule has 0 radical (unpaired) electrons. The topological polar surface area (TPSA) is 55.6 Å². The van der Waals surface area contributed by atoms with E-state index in [0.717, 1.165) is 36.3 Å². The van der Waals surface area contributed by atoms with Crippen LogP contribution in [-0.2, 0) is 4.74 Å². The highest BCUT2D eigenvalue weighted by Gasteiger charge is 2.31. The van der Waals surface area contributed by atoms with Crippen molar-refractivity contribution in [3.05, 3.63) is 23.8 Å². The third-order valence-electron chi connectivity index (χ3n) is 5.08. The van der Waals surface area contributed by atoms with Gasteiger partial charge < -0.3 is 15.4 Å². The van der Waals surface area contributed by atoms with E-state index in [1.807, 2.05) is 12.1 Å². The zero-order valence-electron chi connectivity index (χ0n) is 12.7. The first-order chi connectivity index (χ1) is 10.2. The summed E-state index contributed by atoms with van der Waals surface area (Å²) in [6.07, 6.45) is 6.70. The van der Waals surface area contributed by atoms with Gasteiger partial charge in [-0.2, -0.15) is 0 Å². The van der Waals surface area contributed by atoms with Gasteiger partial charge in [0, 0.05) is 13.1 Å². The number of piperidine rings is 1. The van der Waals surface area contributed by atoms with Gasteiger partial charge in [0.2, 0.25) is 0 Å². The van der Waals surface area contributed by atoms with Gasteiger partial charge in [-0.1, -0.05) is 19.3 Å². The van der Waals surface area contributed by atoms with Crippen LogP contribution in [0, 0.1) is 11.8 Å². The van der Waals surface area contributed by atoms with Crippen LogP contribution in [0.15, 0.2) is 18.2 Å². The molecule has 1 aliphatic carbocycles. The van der Waals surface area contributed by atoms with Crippen molar-refractivity contribution in [1.29, 1.82) is 0 Å². The fourth-order valence-corrected chi connectivity index (χ4v) is 3.88. The number of hydrogen-bond donors (Lipinski definition) is 1. The molecule has 1 aromatic rings. The van der Waals surface area contributed by atoms with Crippen LogP contribution in [0.2, 0.25) is 0 Å². The quantitative estimate of drug-likeness (QED) is 0.671. The Bertz CT molecular complexity index is 530. The SMILES string of the molecule is COC(=O)c1ccc(N)c(N2CCC3CCCCC3C2)c1. The van der Waals surface area contributed by atoms with Crippen LogP contribution in [0.25, 0.3) is 0 Å². The zero-order chi connectivity index (χ0) is 14.8. The molecule has 2 fully saturated rings. The highest BCUT2D eigenvalue weighted by Crippen LogP contribution is 2.38. The number of methoxy groups -OCH3 is 1. The molecule has 2 N–H and O–H groups in total. The predicted octanol–water partition coefficient (Wildman–Crippen LogP) is 3.07. The Hall–Kier alpha value is -1.71. The van der Waals surface area contributed by atoms with Crippen molar-refractivity contribution < 1.29 is 9.53 Å². The number of ether oxygens (including phenoxy) is 1. The molecule has 0 amide bonds. The van der Waals surface area contributed by atoms with Crippen molar-refractivity contribution in [2.24, 2.45) is 11.8 Å². The molecule has 1 heterocycles. The number of benzene rings is 1. The maximum absolute atomic E-state index is 11.7. The van der Waals surface area contributed by atoms with Gasteiger partial charge in [0.25, 0.3) is 0 Å². The number of rotatable bonds is 2. The fourth-order valence-electron chi connectivity index (χ4n) is 3.88. The lowest BCUT2D eigenvalue weighted by molar-refractivity contribution is 0.0601. The second-order valence-electron chi connectivity index (χ2n) is 6.30. The number of nitrogens with two attached hydrogens (primary N) is 1. The minimum atomic E-state index is -0.302. The zero-order valence-corrected chi connectivity index (χ0v) is 12.7. The third-order valence-corrected chi connectivity index (χ3v) is 5.08. The second-order valence-corrected chi connectivity index (χ2v) is 6.30. The molecule has 1 aliphatic heterocycles. The van der Waals surface area contributed by atoms with E-state index in [-0.39, 0.29) is 5.97 Å². The lowest BCUT2D eigenvalue weighted by atomic mass is 9.75. The Balaban J connectivity index is 1.81. The summed E-state index contributed by atoms with van der Waals surface area (Å²) >= 11 is 0. The molecule has 0 spiro atoms. The van der Waals surface area contributed by atoms with Gasteiger partial charge in [-0.3, -0.25) is 0 Å². The summed E-state index contributed by atoms with van der Waals surface area (Å²) in [5.74, 6) is 1.37. The molecular formula is C17H24N2O2. The highest BCUT2D eigenvalue weighted by atomic mass is 16.5. The first-order valence-electron chi connectivity index (χ1n) is 7.92. The Morgan fingerprint density at radius 3 is 2.76 bits per heavy atom. The normalized spacial score (nSPS) is 25.3. The van der Waals surface area contributed by atoms with Gasteiger partial charge in [-0.05, 0) is 42.9 Å². The number of carbonyl (C=O) groups excluding carboxylic acids is 1. The summed E-state index contributed by atoms with van der Waals surface area (Å²) in [6, 6.07) is 5.43. The molecule has 1 saturated heterocycles. The minimum absolute atomic E-state index is 0.302. The predicted molar refractivity (Wildman–Crippen MR) is 84.5 cm³/mol. The number of hydrogen-bond acceptors (Lipinski definition) is 4. The summed E-state index contributed by atoms with van der Waals surface area (Å²) in [7, 11) is 1.41. The largest absolute Gasteiger partial charge is 0.465 e. The van der Waals surface area contributed by atoms with Crippen LogP contribution < -0.4 is 10.6 Å². The summed E-state index contributed by atoms with van der Waals surface area (Å²) in [4.78, 5) is 14.1. The molecule has 21 heavy (non-hydrogen) atoms. The van der Waals surface area contributed by atoms with Crippen LogP contribution in [-0.4, -0.2) is 26.2 Å². The van der Waals surface area contributed by atoms with Gasteiger partial charge in [0.1, 0.15) is 0 Å². The van der Waals surface area contributed by atoms with Crippen molar-refractivity contribution in [3.63, 3.8) is 0 Å². The minimum Gasteiger partial charge on any atom is -0.465 e. The van der Waals surface area contributed by atoms with Crippen molar-refractivity contribution >= 4 is 17.3 Å². The average molecular weight is 288 g/mol. The molecule has 4 heteroatoms. The maximum Gasteiger partial charge on any atom is 0.337 e. The van der Waals surface area contributed by atoms with Crippen molar-refractivity contribution in [3.8, 4) is 0 Å². The number of carbonyl (C=O) groups is 1. The maximum atomic E-state index is 11.7. The van der Waals surface area contributed by atoms with E-state index in [2.05, 4.69) is 4.90 Å². The molecule has 2 atom stereocenters. The van der Waals surface area contributed by atoms with Gasteiger partial charge >= 0.3 is 5.97 Å². The van der Waals surface area contributed by atoms with E-state index in [4.69, 9.17) is 10.5 Å². The van der Waals surface area contributed by atoms with Crippen LogP contribution in [0.1, 0.15) is 42.5 Å². The van der Waals surface area contributed by atoms with Crippen molar-refractivity contribution in [2.45, 2.75) is 32.1 Å². The standard InChI is InChI=1S/C17H24N2O2/c1-21-17(20)13-6-7-15(18)16(10-13)19-9-8-12-4-2-3-5-14(12)11-19/h6-7,10,12,14H,2-5,8-9,11,18H2,1H3. The summed E-state index contributed by atoms with van der Waals surface area (Å²) in [5.41, 5.74) is 8.45. The smallest absolute Gasteiger partial charge is 0.337 e. The molecular weight excluding hydrogens is 264 g/mol. The molecule has 4 nitrogen and oxygen atoms in total. The van der Waals surface area contributed by atoms with Gasteiger partial charge in [0.05, 0.1) is 24.0 Å². The number of nitrogen functional groups attached to an aromatic ring is 1. The molecule has 2 aliphatic rings. The van der Waals surface area contributed by atoms with Crippen LogP contribution in [0.4, 0.5) is 11.4 Å². The van der Waals surface area contributed by atoms with E-state index in [9.17, 15) is 4.79 Å². The third kappa shape index (κ3) is 2.85. The lowest BCUT2D eigenvalue weighted by Crippen LogP contribution is -2.42. The van der Waals surface area contributed by atoms with E-state index in [1.54, 1.807) is 6.07 Å². The first-order valence-corrected chi connectivity index (χ1v) is 7.92. The Morgan fingerprint density at radius 2 is 2.00 bits per heavy atom. The number of nitrogens with zero attached hydrogens (tertiary/aromatic N) is 1. The Kier molecular flexibility index (Phi) is 4.04. The van der Waals surface area contributed by atoms with E-state index in [1.165, 1.54) is 39.2 Å². The first kappa shape index (κ1) is 14.2. The fraction of sp³-hybridized carbons (Fsp3) is 0.588. The lowest BCUT2D eigenvalue weighted by Gasteiger charge is -2.42. The molecule has 2 unspecified atom stereocenters. The molecule has 0 aromatic heterocycles. The summed E-state index contributed by atoms with van der Waals surface area (Å²) in [5, 5.41) is 0. The van der Waals surface area contributed by atoms with Crippen molar-refractivity contribution in [1.82, 2.24) is 0 Å². The summed E-state index contributed by atoms with van der Waals surface area (Å²) < 4.78 is 4.81. The number of fused-ring (bicyclic) bond motifs is 1. The monoisotopic (exact) mass is 288 g/mol. The number of anilines is 2. The highest BCUT2D eigenvalue weighted by molar-refractivity contribution is 5.92. The summed E-state index contributed by atoms with van der Waals surface area (Å²) in [6.45, 7) is 2.11. The van der Waals surface area contributed by atoms with E-state index >= 15 is 0 Å². The molecule has 114 valence electrons. The Morgan fingerprint density at radius 1 is 1.24 bits per heavy atom. The molecule has 1 aromatic carbocycles. The van der Waals surface area contributed by atoms with E-state index < -0.39 is 0 Å². The van der Waals surface area contributed by atoms with Gasteiger partial charge in [-0.15, -0.1) is 0 Å². The molecule has 1 saturated carbocycles. The second kappa shape index (κ2) is 5.96. The molecule has 0 bridgehead atoms. The van der Waals surface area contributed by atoms with Gasteiger partial charge in [0.15, 0.2) is 0 Å². The number of esters is 1. The van der Waals surface area contributed by atoms with E-state index in [0.29, 0.717) is 5.56 Å². The van der Waals surface area contributed by atoms with Crippen LogP contribution in [0.3, 0.4) is 0 Å². The van der Waals surface area contributed by atoms with Crippen molar-refractivity contribution in [2.75, 3.05) is 30.8 Å².